The molecule has 16 nitrogen and oxygen atoms in total. The molecule has 2 aromatic heterocycles. The van der Waals surface area contributed by atoms with Gasteiger partial charge in [-0.3, -0.25) is 0 Å². The summed E-state index contributed by atoms with van der Waals surface area (Å²) in [5.74, 6) is -1.82. The summed E-state index contributed by atoms with van der Waals surface area (Å²) in [6.07, 6.45) is -7.76. The van der Waals surface area contributed by atoms with Gasteiger partial charge in [0, 0.05) is 30.3 Å². The van der Waals surface area contributed by atoms with Gasteiger partial charge in [0.15, 0.2) is 11.5 Å². The van der Waals surface area contributed by atoms with E-state index < -0.39 is 43.1 Å². The standard InChI is InChI=1S/C21H20O11.C15H10O5.ClH/c22-7-16-17(27)18(28)19(29)21(32-16)31-15-6-10-12(25)4-9(23)5-14(10)30-20(15)8-1-2-11(24)13(26)3-8;16-9-3-1-8(2-4-9)15-13(19)7-11-12(18)5-10(17)6-14(11)20-15;/h1-6,16-19,21-22,27-29H,7H2,(H3-,23,24,25,26);1-7H,(H3-,16,17,18,19);1H/p+1/t16-,17-,18+,19-,21+;;/m1../s1. The van der Waals surface area contributed by atoms with Crippen molar-refractivity contribution in [1.82, 2.24) is 0 Å². The number of fused-ring (bicyclic) bond motifs is 2. The molecule has 0 radical (unpaired) electrons. The Morgan fingerprint density at radius 2 is 1.09 bits per heavy atom. The summed E-state index contributed by atoms with van der Waals surface area (Å²) in [7, 11) is 0. The predicted octanol–water partition coefficient (Wildman–Crippen LogP) is 0.589. The van der Waals surface area contributed by atoms with E-state index in [4.69, 9.17) is 18.3 Å². The molecule has 1 aliphatic heterocycles. The number of aliphatic hydroxyl groups is 4. The van der Waals surface area contributed by atoms with Gasteiger partial charge in [-0.1, -0.05) is 0 Å². The molecule has 278 valence electrons. The SMILES string of the molecule is OC[C@H]1O[C@H](Oc2cc3c(O)cc(O)cc3[o+]c2-c2ccc(O)c(O)c2)[C@H](O)[C@@H](O)[C@@H]1O.Oc1ccc(-c2[o+]c3cc(O)cc(O)c3cc2O)cc1.[Cl-]. The van der Waals surface area contributed by atoms with E-state index in [9.17, 15) is 61.3 Å². The number of aromatic hydroxyl groups is 8. The van der Waals surface area contributed by atoms with Gasteiger partial charge in [-0.15, -0.1) is 0 Å². The lowest BCUT2D eigenvalue weighted by Crippen LogP contribution is -3.00. The average molecular weight is 756 g/mol. The maximum Gasteiger partial charge on any atom is 0.402 e. The molecular formula is C36H32ClO16+. The van der Waals surface area contributed by atoms with Gasteiger partial charge in [0.05, 0.1) is 29.9 Å². The molecule has 1 saturated heterocycles. The number of phenolic OH excluding ortho intramolecular Hbond substituents is 7. The first-order valence-electron chi connectivity index (χ1n) is 15.4. The summed E-state index contributed by atoms with van der Waals surface area (Å²) in [5, 5.41) is 118. The van der Waals surface area contributed by atoms with Crippen LogP contribution in [0.4, 0.5) is 0 Å². The molecule has 1 aliphatic rings. The molecule has 7 rings (SSSR count). The van der Waals surface area contributed by atoms with Crippen molar-refractivity contribution in [2.45, 2.75) is 30.7 Å². The van der Waals surface area contributed by atoms with Gasteiger partial charge in [-0.25, -0.2) is 8.83 Å². The Hall–Kier alpha value is -6.01. The van der Waals surface area contributed by atoms with Crippen LogP contribution in [0, 0.1) is 0 Å². The van der Waals surface area contributed by atoms with Crippen molar-refractivity contribution < 1.29 is 92.0 Å². The third-order valence-electron chi connectivity index (χ3n) is 8.11. The summed E-state index contributed by atoms with van der Waals surface area (Å²) in [4.78, 5) is 0. The summed E-state index contributed by atoms with van der Waals surface area (Å²) in [5.41, 5.74) is 1.06. The van der Waals surface area contributed by atoms with Gasteiger partial charge in [0.1, 0.15) is 63.9 Å². The normalized spacial score (nSPS) is 19.6. The number of halogens is 1. The zero-order chi connectivity index (χ0) is 37.4. The molecule has 5 atom stereocenters. The van der Waals surface area contributed by atoms with Crippen molar-refractivity contribution in [3.05, 3.63) is 78.9 Å². The highest BCUT2D eigenvalue weighted by atomic mass is 35.5. The molecule has 0 amide bonds. The number of benzene rings is 4. The van der Waals surface area contributed by atoms with Crippen molar-refractivity contribution in [2.24, 2.45) is 0 Å². The Bertz CT molecular complexity index is 2260. The molecule has 0 unspecified atom stereocenters. The van der Waals surface area contributed by atoms with E-state index in [1.165, 1.54) is 54.6 Å². The topological polar surface area (TPSA) is 284 Å². The van der Waals surface area contributed by atoms with Crippen LogP contribution in [-0.4, -0.2) is 98.6 Å². The minimum Gasteiger partial charge on any atom is -1.00 e. The predicted molar refractivity (Wildman–Crippen MR) is 180 cm³/mol. The Labute approximate surface area is 304 Å². The van der Waals surface area contributed by atoms with Crippen molar-refractivity contribution in [2.75, 3.05) is 6.61 Å². The minimum absolute atomic E-state index is 0. The summed E-state index contributed by atoms with van der Waals surface area (Å²) < 4.78 is 22.4. The van der Waals surface area contributed by atoms with E-state index in [0.717, 1.165) is 12.1 Å². The number of hydrogen-bond donors (Lipinski definition) is 12. The van der Waals surface area contributed by atoms with Crippen LogP contribution in [0.3, 0.4) is 0 Å². The molecule has 53 heavy (non-hydrogen) atoms. The van der Waals surface area contributed by atoms with Gasteiger partial charge in [0.25, 0.3) is 0 Å². The van der Waals surface area contributed by atoms with E-state index >= 15 is 0 Å². The van der Waals surface area contributed by atoms with Crippen LogP contribution in [-0.2, 0) is 4.74 Å². The zero-order valence-electron chi connectivity index (χ0n) is 27.0. The summed E-state index contributed by atoms with van der Waals surface area (Å²) in [6, 6.07) is 17.3. The monoisotopic (exact) mass is 755 g/mol. The van der Waals surface area contributed by atoms with Gasteiger partial charge >= 0.3 is 22.7 Å². The molecule has 3 heterocycles. The molecule has 17 heteroatoms. The lowest BCUT2D eigenvalue weighted by Gasteiger charge is -2.39. The third kappa shape index (κ3) is 7.77. The Morgan fingerprint density at radius 3 is 1.68 bits per heavy atom. The highest BCUT2D eigenvalue weighted by Gasteiger charge is 2.45. The van der Waals surface area contributed by atoms with Crippen molar-refractivity contribution in [1.29, 1.82) is 0 Å². The molecule has 0 spiro atoms. The molecule has 0 saturated carbocycles. The van der Waals surface area contributed by atoms with Crippen LogP contribution >= 0.6 is 0 Å². The molecule has 4 aromatic carbocycles. The van der Waals surface area contributed by atoms with Crippen LogP contribution in [0.2, 0.25) is 0 Å². The van der Waals surface area contributed by atoms with Gasteiger partial charge in [0.2, 0.25) is 17.8 Å². The zero-order valence-corrected chi connectivity index (χ0v) is 27.7. The van der Waals surface area contributed by atoms with Crippen LogP contribution in [0.25, 0.3) is 44.6 Å². The fourth-order valence-corrected chi connectivity index (χ4v) is 5.44. The molecule has 12 N–H and O–H groups in total. The highest BCUT2D eigenvalue weighted by Crippen LogP contribution is 2.42. The Kier molecular flexibility index (Phi) is 11.0. The van der Waals surface area contributed by atoms with Crippen molar-refractivity contribution >= 4 is 21.9 Å². The number of phenols is 7. The molecular weight excluding hydrogens is 724 g/mol. The van der Waals surface area contributed by atoms with Crippen LogP contribution in [0.15, 0.2) is 87.7 Å². The second-order valence-corrected chi connectivity index (χ2v) is 11.7. The first-order valence-corrected chi connectivity index (χ1v) is 15.4. The second-order valence-electron chi connectivity index (χ2n) is 11.7. The highest BCUT2D eigenvalue weighted by molar-refractivity contribution is 5.89. The van der Waals surface area contributed by atoms with E-state index in [0.29, 0.717) is 10.9 Å². The first kappa shape index (κ1) is 38.2. The fourth-order valence-electron chi connectivity index (χ4n) is 5.44. The smallest absolute Gasteiger partial charge is 0.402 e. The third-order valence-corrected chi connectivity index (χ3v) is 8.11. The summed E-state index contributed by atoms with van der Waals surface area (Å²) in [6.45, 7) is -0.661. The Balaban J connectivity index is 0.000000222. The number of rotatable bonds is 5. The maximum atomic E-state index is 10.3. The Morgan fingerprint density at radius 1 is 0.528 bits per heavy atom. The average Bonchev–Trinajstić information content (AvgIpc) is 3.10. The number of hydrogen-bond acceptors (Lipinski definition) is 14. The summed E-state index contributed by atoms with van der Waals surface area (Å²) >= 11 is 0. The van der Waals surface area contributed by atoms with Crippen molar-refractivity contribution in [3.8, 4) is 74.4 Å². The first-order chi connectivity index (χ1) is 24.7. The van der Waals surface area contributed by atoms with Gasteiger partial charge < -0.3 is 83.2 Å². The van der Waals surface area contributed by atoms with Crippen LogP contribution in [0.1, 0.15) is 0 Å². The quantitative estimate of drug-likeness (QED) is 0.0847. The van der Waals surface area contributed by atoms with E-state index in [1.54, 1.807) is 12.1 Å². The number of aliphatic hydroxyl groups excluding tert-OH is 4. The minimum atomic E-state index is -1.71. The molecule has 0 bridgehead atoms. The van der Waals surface area contributed by atoms with Crippen molar-refractivity contribution in [3.63, 3.8) is 0 Å². The maximum absolute atomic E-state index is 10.3. The number of ether oxygens (including phenoxy) is 2. The van der Waals surface area contributed by atoms with E-state index in [1.807, 2.05) is 0 Å². The molecule has 0 aliphatic carbocycles. The van der Waals surface area contributed by atoms with Crippen LogP contribution in [0.5, 0.6) is 51.7 Å². The molecule has 6 aromatic rings. The lowest BCUT2D eigenvalue weighted by atomic mass is 9.99. The van der Waals surface area contributed by atoms with E-state index in [-0.39, 0.29) is 92.0 Å². The van der Waals surface area contributed by atoms with Gasteiger partial charge in [-0.2, -0.15) is 0 Å². The molecule has 1 fully saturated rings. The van der Waals surface area contributed by atoms with Crippen LogP contribution < -0.4 is 17.1 Å². The lowest BCUT2D eigenvalue weighted by molar-refractivity contribution is -0.277. The van der Waals surface area contributed by atoms with Gasteiger partial charge in [-0.05, 0) is 36.4 Å². The van der Waals surface area contributed by atoms with E-state index in [2.05, 4.69) is 0 Å². The largest absolute Gasteiger partial charge is 1.00 e. The fraction of sp³-hybridized carbons (Fsp3) is 0.167. The second kappa shape index (κ2) is 15.3.